The molecule has 10 aromatic rings. The molecule has 0 amide bonds. The van der Waals surface area contributed by atoms with Crippen LogP contribution in [0.25, 0.3) is 44.1 Å². The van der Waals surface area contributed by atoms with Crippen LogP contribution in [0.1, 0.15) is 144 Å². The maximum Gasteiger partial charge on any atom is 0.435 e. The summed E-state index contributed by atoms with van der Waals surface area (Å²) >= 11 is 18.3. The molecule has 11 rings (SSSR count). The average molecular weight is 1370 g/mol. The van der Waals surface area contributed by atoms with E-state index in [1.807, 2.05) is 101 Å². The summed E-state index contributed by atoms with van der Waals surface area (Å²) in [5.41, 5.74) is 13.1. The molecule has 7 N–H and O–H groups in total. The maximum absolute atomic E-state index is 12.1. The third kappa shape index (κ3) is 24.8. The van der Waals surface area contributed by atoms with Gasteiger partial charge in [0.15, 0.2) is 11.4 Å². The number of fused-ring (bicyclic) bond motifs is 4. The molecule has 1 aliphatic rings. The van der Waals surface area contributed by atoms with Crippen LogP contribution in [-0.4, -0.2) is 80.8 Å². The summed E-state index contributed by atoms with van der Waals surface area (Å²) < 4.78 is 18.8. The second-order valence-electron chi connectivity index (χ2n) is 19.0. The van der Waals surface area contributed by atoms with E-state index in [9.17, 15) is 14.4 Å². The Morgan fingerprint density at radius 1 is 0.770 bits per heavy atom. The first-order chi connectivity index (χ1) is 38.6. The number of aromatic nitrogens is 7. The molecule has 6 aromatic heterocycles. The van der Waals surface area contributed by atoms with Crippen LogP contribution < -0.4 is 16.4 Å². The Morgan fingerprint density at radius 2 is 1.41 bits per heavy atom. The summed E-state index contributed by atoms with van der Waals surface area (Å²) in [6.45, 7) is 14.5. The molecule has 0 atom stereocenters. The molecule has 0 saturated heterocycles. The Bertz CT molecular complexity index is 3670. The van der Waals surface area contributed by atoms with Crippen LogP contribution in [0.4, 0.5) is 27.8 Å². The number of nitrogens with one attached hydrogen (secondary N) is 3. The number of carbonyl (C=O) groups is 3. The van der Waals surface area contributed by atoms with Crippen LogP contribution in [-0.2, 0) is 11.3 Å². The Kier molecular flexibility index (Phi) is 34.1. The number of halogens is 4. The highest BCUT2D eigenvalue weighted by molar-refractivity contribution is 9.10. The molecule has 0 radical (unpaired) electrons. The number of carboxylic acids is 2. The molecule has 470 valence electrons. The Labute approximate surface area is 537 Å². The second kappa shape index (κ2) is 37.6. The average Bonchev–Trinajstić information content (AvgIpc) is 2.86. The monoisotopic (exact) mass is 1360 g/mol. The molecular formula is C64H83Br2Cl2N11O8. The zero-order valence-corrected chi connectivity index (χ0v) is 49.9. The second-order valence-corrected chi connectivity index (χ2v) is 21.5. The highest BCUT2D eigenvalue weighted by atomic mass is 79.9. The minimum atomic E-state index is -1.05. The molecule has 0 aliphatic carbocycles. The Hall–Kier alpha value is -7.95. The number of furan rings is 2. The van der Waals surface area contributed by atoms with Crippen LogP contribution >= 0.6 is 55.1 Å². The molecule has 0 fully saturated rings. The van der Waals surface area contributed by atoms with Gasteiger partial charge < -0.3 is 45.1 Å². The molecule has 19 nitrogen and oxygen atoms in total. The number of ether oxygens (including phenoxy) is 1. The van der Waals surface area contributed by atoms with Crippen molar-refractivity contribution in [1.29, 1.82) is 0 Å². The number of benzene rings is 4. The van der Waals surface area contributed by atoms with Gasteiger partial charge in [0.05, 0.1) is 19.0 Å². The summed E-state index contributed by atoms with van der Waals surface area (Å²) in [5, 5.41) is 29.9. The van der Waals surface area contributed by atoms with Gasteiger partial charge >= 0.3 is 18.0 Å². The molecule has 0 unspecified atom stereocenters. The van der Waals surface area contributed by atoms with Crippen molar-refractivity contribution in [2.45, 2.75) is 130 Å². The lowest BCUT2D eigenvalue weighted by Crippen LogP contribution is -2.27. The normalized spacial score (nSPS) is 10.4. The third-order valence-electron chi connectivity index (χ3n) is 10.7. The minimum absolute atomic E-state index is 0. The van der Waals surface area contributed by atoms with Gasteiger partial charge in [-0.2, -0.15) is 14.8 Å². The van der Waals surface area contributed by atoms with Gasteiger partial charge in [-0.1, -0.05) is 148 Å². The van der Waals surface area contributed by atoms with Crippen LogP contribution in [0, 0.1) is 0 Å². The lowest BCUT2D eigenvalue weighted by atomic mass is 10.1. The minimum Gasteiger partial charge on any atom is -0.477 e. The van der Waals surface area contributed by atoms with Crippen LogP contribution in [0.3, 0.4) is 0 Å². The number of anilines is 4. The van der Waals surface area contributed by atoms with E-state index in [0.717, 1.165) is 59.8 Å². The number of unbranched alkanes of at least 4 members (excludes halogenated alkanes) is 2. The quantitative estimate of drug-likeness (QED) is 0.0733. The van der Waals surface area contributed by atoms with Gasteiger partial charge in [0.1, 0.15) is 28.2 Å². The molecule has 7 heterocycles. The largest absolute Gasteiger partial charge is 0.477 e. The molecule has 4 aromatic carbocycles. The van der Waals surface area contributed by atoms with Gasteiger partial charge in [-0.15, -0.1) is 0 Å². The number of nitrogens with two attached hydrogens (primary N) is 1. The fourth-order valence-corrected chi connectivity index (χ4v) is 8.12. The van der Waals surface area contributed by atoms with Crippen molar-refractivity contribution < 1.29 is 38.2 Å². The predicted octanol–water partition coefficient (Wildman–Crippen LogP) is 20.0. The number of nitrogens with zero attached hydrogens (tertiary/aromatic N) is 7. The lowest BCUT2D eigenvalue weighted by Gasteiger charge is -2.18. The third-order valence-corrected chi connectivity index (χ3v) is 12.0. The standard InChI is InChI=1S/C20H18ClN5O3.C12H9ClN4.C9H6BrNO2.C9H5BrO3.C5H12.C3H9N.6CH4/c1-20(2,3)29-19(27)26-11-13(10-22-26)12-4-6-14(7-5-12)23-17-16-15(8-9-28-16)24-18(21)25-17;13-12-15-4-3-11(17-12)16-10-2-1-8-6-14-7-9(8)5-10;10-6-2-1-5-3-8(9(12)13)11-7(5)4-6;10-6-2-1-5-3-8(9(11)12)13-7(5)4-6;1-3-5-4-2;1-3(2)4;;;;;;/h4-11H,1-3H3,(H,23,24,25);1-5,7H,6H2,(H,15,16,17);1-4,11H,(H,12,13);1-4H,(H,11,12);3-5H2,1-2H3;3H,4H2,1-2H3;6*1H4. The SMILES string of the molecule is C.C.C.C.C.C.CC(C)(C)OC(=O)n1cc(-c2ccc(Nc3nc(Cl)nc4ccoc34)cc2)cn1.CC(C)N.CCCCC.Clc1nccc(Nc2ccc3c(c2)C=NC3)n1.O=C(O)c1cc2ccc(Br)cc2[nH]1.O=C(O)c1cc2ccc(Br)cc2o1. The zero-order valence-electron chi connectivity index (χ0n) is 45.2. The van der Waals surface area contributed by atoms with Crippen molar-refractivity contribution >= 4 is 135 Å². The van der Waals surface area contributed by atoms with E-state index in [-0.39, 0.29) is 66.6 Å². The summed E-state index contributed by atoms with van der Waals surface area (Å²) in [6, 6.07) is 31.6. The van der Waals surface area contributed by atoms with E-state index < -0.39 is 23.6 Å². The van der Waals surface area contributed by atoms with Gasteiger partial charge in [-0.05, 0) is 140 Å². The van der Waals surface area contributed by atoms with E-state index in [4.69, 9.17) is 52.7 Å². The van der Waals surface area contributed by atoms with E-state index >= 15 is 0 Å². The topological polar surface area (TPSA) is 275 Å². The molecule has 23 heteroatoms. The van der Waals surface area contributed by atoms with Crippen molar-refractivity contribution in [2.24, 2.45) is 10.7 Å². The summed E-state index contributed by atoms with van der Waals surface area (Å²) in [6.07, 6.45) is 11.8. The highest BCUT2D eigenvalue weighted by Crippen LogP contribution is 2.29. The number of rotatable bonds is 9. The van der Waals surface area contributed by atoms with Crippen molar-refractivity contribution in [2.75, 3.05) is 10.6 Å². The van der Waals surface area contributed by atoms with E-state index in [0.29, 0.717) is 34.4 Å². The number of H-pyrrole nitrogens is 1. The fraction of sp³-hybridized carbons (Fsp3) is 0.297. The van der Waals surface area contributed by atoms with Gasteiger partial charge in [0, 0.05) is 66.8 Å². The number of carboxylic acid groups (broad SMARTS) is 2. The first kappa shape index (κ1) is 79.0. The number of aromatic carboxylic acids is 2. The lowest BCUT2D eigenvalue weighted by molar-refractivity contribution is 0.0513. The summed E-state index contributed by atoms with van der Waals surface area (Å²) in [7, 11) is 0. The number of carbonyl (C=O) groups excluding carboxylic acids is 1. The highest BCUT2D eigenvalue weighted by Gasteiger charge is 2.19. The molecule has 1 aliphatic heterocycles. The van der Waals surface area contributed by atoms with E-state index in [1.165, 1.54) is 41.8 Å². The van der Waals surface area contributed by atoms with E-state index in [1.54, 1.807) is 48.9 Å². The molecular weight excluding hydrogens is 1280 g/mol. The van der Waals surface area contributed by atoms with Crippen LogP contribution in [0.5, 0.6) is 0 Å². The van der Waals surface area contributed by atoms with Gasteiger partial charge in [0.2, 0.25) is 16.3 Å². The number of hydrogen-bond acceptors (Lipinski definition) is 15. The van der Waals surface area contributed by atoms with Gasteiger partial charge in [0.25, 0.3) is 0 Å². The van der Waals surface area contributed by atoms with Crippen LogP contribution in [0.15, 0.2) is 151 Å². The number of aliphatic imine (C=N–C) groups is 1. The first-order valence-electron chi connectivity index (χ1n) is 25.2. The Morgan fingerprint density at radius 3 is 2.02 bits per heavy atom. The predicted molar refractivity (Wildman–Crippen MR) is 366 cm³/mol. The molecule has 0 bridgehead atoms. The van der Waals surface area contributed by atoms with Crippen molar-refractivity contribution in [3.05, 3.63) is 170 Å². The molecule has 0 saturated carbocycles. The smallest absolute Gasteiger partial charge is 0.435 e. The van der Waals surface area contributed by atoms with Crippen molar-refractivity contribution in [3.63, 3.8) is 0 Å². The summed E-state index contributed by atoms with van der Waals surface area (Å²) in [4.78, 5) is 56.5. The molecule has 0 spiro atoms. The first-order valence-corrected chi connectivity index (χ1v) is 27.6. The van der Waals surface area contributed by atoms with Gasteiger partial charge in [-0.25, -0.2) is 29.3 Å². The summed E-state index contributed by atoms with van der Waals surface area (Å²) in [5.74, 6) is -0.858. The fourth-order valence-electron chi connectivity index (χ4n) is 7.09. The van der Waals surface area contributed by atoms with Crippen molar-refractivity contribution in [3.8, 4) is 11.1 Å². The van der Waals surface area contributed by atoms with Crippen LogP contribution in [0.2, 0.25) is 10.6 Å². The number of hydrogen-bond donors (Lipinski definition) is 6. The Balaban J connectivity index is 0.00000111. The maximum atomic E-state index is 12.1. The molecule has 87 heavy (non-hydrogen) atoms. The van der Waals surface area contributed by atoms with Gasteiger partial charge in [-0.3, -0.25) is 4.99 Å². The van der Waals surface area contributed by atoms with Crippen molar-refractivity contribution in [1.82, 2.24) is 34.7 Å². The number of aromatic amines is 1. The zero-order chi connectivity index (χ0) is 58.8. The van der Waals surface area contributed by atoms with E-state index in [2.05, 4.69) is 97.4 Å².